The molecule has 0 bridgehead atoms. The van der Waals surface area contributed by atoms with Gasteiger partial charge >= 0.3 is 0 Å². The summed E-state index contributed by atoms with van der Waals surface area (Å²) in [5.41, 5.74) is 2.38. The van der Waals surface area contributed by atoms with Crippen molar-refractivity contribution in [3.8, 4) is 5.75 Å². The van der Waals surface area contributed by atoms with E-state index in [-0.39, 0.29) is 0 Å². The zero-order chi connectivity index (χ0) is 10.3. The van der Waals surface area contributed by atoms with Crippen LogP contribution in [0.3, 0.4) is 0 Å². The quantitative estimate of drug-likeness (QED) is 0.783. The number of ether oxygens (including phenoxy) is 1. The molecule has 0 saturated heterocycles. The first kappa shape index (κ1) is 10.3. The van der Waals surface area contributed by atoms with E-state index in [1.165, 1.54) is 11.1 Å². The summed E-state index contributed by atoms with van der Waals surface area (Å²) in [4.78, 5) is 0. The first-order valence-electron chi connectivity index (χ1n) is 4.71. The van der Waals surface area contributed by atoms with Crippen LogP contribution in [-0.4, -0.2) is 6.10 Å². The topological polar surface area (TPSA) is 9.23 Å². The summed E-state index contributed by atoms with van der Waals surface area (Å²) in [6, 6.07) is 1.96. The molecule has 0 atom stereocenters. The molecule has 14 heavy (non-hydrogen) atoms. The lowest BCUT2D eigenvalue weighted by molar-refractivity contribution is 0.301. The maximum atomic E-state index is 6.12. The first-order chi connectivity index (χ1) is 6.59. The fourth-order valence-corrected chi connectivity index (χ4v) is 2.31. The van der Waals surface area contributed by atoms with Crippen molar-refractivity contribution < 1.29 is 4.74 Å². The molecule has 0 unspecified atom stereocenters. The molecule has 1 aliphatic rings. The van der Waals surface area contributed by atoms with Crippen molar-refractivity contribution in [2.75, 3.05) is 0 Å². The number of aryl methyl sites for hydroxylation is 1. The number of hydrogen-bond acceptors (Lipinski definition) is 1. The molecule has 0 aromatic heterocycles. The average molecular weight is 276 g/mol. The summed E-state index contributed by atoms with van der Waals surface area (Å²) in [7, 11) is 0. The Morgan fingerprint density at radius 3 is 2.64 bits per heavy atom. The van der Waals surface area contributed by atoms with Crippen LogP contribution < -0.4 is 4.74 Å². The maximum Gasteiger partial charge on any atom is 0.152 e. The van der Waals surface area contributed by atoms with Crippen LogP contribution in [0.1, 0.15) is 24.0 Å². The van der Waals surface area contributed by atoms with E-state index in [2.05, 4.69) is 22.9 Å². The summed E-state index contributed by atoms with van der Waals surface area (Å²) in [5.74, 6) is 0.803. The highest BCUT2D eigenvalue weighted by molar-refractivity contribution is 9.10. The van der Waals surface area contributed by atoms with E-state index >= 15 is 0 Å². The molecule has 1 aliphatic carbocycles. The second kappa shape index (κ2) is 3.74. The monoisotopic (exact) mass is 274 g/mol. The minimum absolute atomic E-state index is 0.380. The van der Waals surface area contributed by atoms with Crippen LogP contribution in [0.15, 0.2) is 10.5 Å². The molecule has 1 aromatic rings. The molecule has 0 aliphatic heterocycles. The minimum atomic E-state index is 0.380. The van der Waals surface area contributed by atoms with Gasteiger partial charge in [-0.05, 0) is 59.8 Å². The Morgan fingerprint density at radius 2 is 2.07 bits per heavy atom. The second-order valence-corrected chi connectivity index (χ2v) is 4.96. The lowest BCUT2D eigenvalue weighted by atomic mass is 10.1. The summed E-state index contributed by atoms with van der Waals surface area (Å²) in [5, 5.41) is 0.701. The molecular weight excluding hydrogens is 263 g/mol. The highest BCUT2D eigenvalue weighted by Gasteiger charge is 2.26. The van der Waals surface area contributed by atoms with Gasteiger partial charge in [-0.3, -0.25) is 0 Å². The van der Waals surface area contributed by atoms with Crippen molar-refractivity contribution in [3.63, 3.8) is 0 Å². The van der Waals surface area contributed by atoms with Crippen molar-refractivity contribution in [1.82, 2.24) is 0 Å². The van der Waals surface area contributed by atoms with Gasteiger partial charge in [0.05, 0.1) is 15.6 Å². The Balaban J connectivity index is 2.40. The fraction of sp³-hybridized carbons (Fsp3) is 0.455. The largest absolute Gasteiger partial charge is 0.488 e. The molecule has 1 saturated carbocycles. The van der Waals surface area contributed by atoms with Crippen molar-refractivity contribution in [3.05, 3.63) is 26.7 Å². The molecule has 1 nitrogen and oxygen atoms in total. The van der Waals surface area contributed by atoms with Gasteiger partial charge < -0.3 is 4.74 Å². The van der Waals surface area contributed by atoms with E-state index in [9.17, 15) is 0 Å². The van der Waals surface area contributed by atoms with Crippen molar-refractivity contribution in [1.29, 1.82) is 0 Å². The number of benzene rings is 1. The molecule has 0 radical (unpaired) electrons. The third-order valence-corrected chi connectivity index (χ3v) is 3.72. The average Bonchev–Trinajstić information content (AvgIpc) is 2.92. The van der Waals surface area contributed by atoms with E-state index in [0.717, 1.165) is 23.1 Å². The predicted molar refractivity (Wildman–Crippen MR) is 62.3 cm³/mol. The van der Waals surface area contributed by atoms with Gasteiger partial charge in [0.15, 0.2) is 5.75 Å². The van der Waals surface area contributed by atoms with Crippen LogP contribution in [-0.2, 0) is 0 Å². The van der Waals surface area contributed by atoms with Crippen LogP contribution in [0.25, 0.3) is 0 Å². The smallest absolute Gasteiger partial charge is 0.152 e. The molecule has 0 amide bonds. The molecular formula is C11H12BrClO. The zero-order valence-electron chi connectivity index (χ0n) is 8.23. The Kier molecular flexibility index (Phi) is 2.76. The van der Waals surface area contributed by atoms with E-state index < -0.39 is 0 Å². The highest BCUT2D eigenvalue weighted by atomic mass is 79.9. The number of rotatable bonds is 2. The van der Waals surface area contributed by atoms with Gasteiger partial charge in [-0.2, -0.15) is 0 Å². The molecule has 76 valence electrons. The van der Waals surface area contributed by atoms with Gasteiger partial charge in [-0.15, -0.1) is 0 Å². The van der Waals surface area contributed by atoms with Crippen LogP contribution in [0.2, 0.25) is 5.02 Å². The van der Waals surface area contributed by atoms with E-state index in [1.54, 1.807) is 0 Å². The summed E-state index contributed by atoms with van der Waals surface area (Å²) in [6.45, 7) is 4.11. The van der Waals surface area contributed by atoms with Gasteiger partial charge in [0.25, 0.3) is 0 Å². The summed E-state index contributed by atoms with van der Waals surface area (Å²) in [6.07, 6.45) is 2.68. The van der Waals surface area contributed by atoms with E-state index in [4.69, 9.17) is 16.3 Å². The molecule has 0 heterocycles. The lowest BCUT2D eigenvalue weighted by Gasteiger charge is -2.13. The number of halogens is 2. The van der Waals surface area contributed by atoms with Crippen molar-refractivity contribution in [2.45, 2.75) is 32.8 Å². The first-order valence-corrected chi connectivity index (χ1v) is 5.88. The third kappa shape index (κ3) is 1.91. The van der Waals surface area contributed by atoms with E-state index in [0.29, 0.717) is 11.1 Å². The zero-order valence-corrected chi connectivity index (χ0v) is 10.6. The Bertz CT molecular complexity index is 372. The van der Waals surface area contributed by atoms with Gasteiger partial charge in [0.1, 0.15) is 0 Å². The highest BCUT2D eigenvalue weighted by Crippen LogP contribution is 2.40. The Labute approximate surface area is 97.5 Å². The molecule has 1 aromatic carbocycles. The Morgan fingerprint density at radius 1 is 1.43 bits per heavy atom. The van der Waals surface area contributed by atoms with Crippen molar-refractivity contribution in [2.24, 2.45) is 0 Å². The van der Waals surface area contributed by atoms with Crippen LogP contribution in [0.5, 0.6) is 5.75 Å². The molecule has 0 spiro atoms. The SMILES string of the molecule is Cc1cc(Cl)c(OC2CC2)c(Br)c1C. The number of hydrogen-bond donors (Lipinski definition) is 0. The molecule has 1 fully saturated rings. The molecule has 0 N–H and O–H groups in total. The van der Waals surface area contributed by atoms with Gasteiger partial charge in [0.2, 0.25) is 0 Å². The summed E-state index contributed by atoms with van der Waals surface area (Å²) >= 11 is 9.65. The lowest BCUT2D eigenvalue weighted by Crippen LogP contribution is -1.99. The second-order valence-electron chi connectivity index (χ2n) is 3.76. The molecule has 3 heteroatoms. The predicted octanol–water partition coefficient (Wildman–Crippen LogP) is 4.26. The normalized spacial score (nSPS) is 15.7. The van der Waals surface area contributed by atoms with E-state index in [1.807, 2.05) is 13.0 Å². The van der Waals surface area contributed by atoms with Crippen molar-refractivity contribution >= 4 is 27.5 Å². The molecule has 2 rings (SSSR count). The van der Waals surface area contributed by atoms with Gasteiger partial charge in [-0.25, -0.2) is 0 Å². The van der Waals surface area contributed by atoms with Crippen LogP contribution in [0, 0.1) is 13.8 Å². The minimum Gasteiger partial charge on any atom is -0.488 e. The Hall–Kier alpha value is -0.210. The van der Waals surface area contributed by atoms with Crippen LogP contribution >= 0.6 is 27.5 Å². The third-order valence-electron chi connectivity index (χ3n) is 2.49. The fourth-order valence-electron chi connectivity index (χ4n) is 1.27. The maximum absolute atomic E-state index is 6.12. The summed E-state index contributed by atoms with van der Waals surface area (Å²) < 4.78 is 6.74. The van der Waals surface area contributed by atoms with Crippen LogP contribution in [0.4, 0.5) is 0 Å². The van der Waals surface area contributed by atoms with Gasteiger partial charge in [-0.1, -0.05) is 11.6 Å². The van der Waals surface area contributed by atoms with Gasteiger partial charge in [0, 0.05) is 0 Å². The standard InChI is InChI=1S/C11H12BrClO/c1-6-5-9(13)11(10(12)7(6)2)14-8-3-4-8/h5,8H,3-4H2,1-2H3.